The van der Waals surface area contributed by atoms with E-state index < -0.39 is 29.0 Å². The number of carbonyl (C=O) groups excluding carboxylic acids is 1. The van der Waals surface area contributed by atoms with Gasteiger partial charge in [-0.3, -0.25) is 14.0 Å². The monoisotopic (exact) mass is 480 g/mol. The summed E-state index contributed by atoms with van der Waals surface area (Å²) in [6.45, 7) is 2.80. The van der Waals surface area contributed by atoms with Gasteiger partial charge in [-0.1, -0.05) is 31.5 Å². The van der Waals surface area contributed by atoms with E-state index >= 15 is 4.39 Å². The van der Waals surface area contributed by atoms with Crippen LogP contribution in [0.4, 0.5) is 10.1 Å². The largest absolute Gasteiger partial charge is 0.477 e. The van der Waals surface area contributed by atoms with Crippen LogP contribution in [0.15, 0.2) is 41.3 Å². The summed E-state index contributed by atoms with van der Waals surface area (Å²) in [6.07, 6.45) is 2.99. The van der Waals surface area contributed by atoms with Gasteiger partial charge in [-0.25, -0.2) is 9.18 Å². The van der Waals surface area contributed by atoms with Crippen LogP contribution in [0.1, 0.15) is 36.5 Å². The molecule has 1 saturated heterocycles. The molecule has 0 spiro atoms. The standard InChI is InChI=1S/C25H25FN4O5/c1-2-5-17(27)23(31)28-13-8-9-29(11-13)21-16(26)12-30-22-19(10-15(24(30)32)25(33)34)35-18-7-4-3-6-14(18)20(21)22/h3-4,6-7,10,12-13,17H,2,5,8-9,11,27H2,1H3,(H,28,31)(H,33,34)/t13?,17-/m0/s1. The molecule has 2 aliphatic rings. The Kier molecular flexibility index (Phi) is 5.68. The Hall–Kier alpha value is -3.92. The number of carboxylic acids is 1. The van der Waals surface area contributed by atoms with Crippen LogP contribution in [0.2, 0.25) is 0 Å². The number of nitrogens with two attached hydrogens (primary N) is 1. The van der Waals surface area contributed by atoms with E-state index in [1.54, 1.807) is 24.3 Å². The minimum absolute atomic E-state index is 0.159. The highest BCUT2D eigenvalue weighted by molar-refractivity contribution is 6.00. The Bertz CT molecular complexity index is 1420. The number of para-hydroxylation sites is 1. The molecule has 0 radical (unpaired) electrons. The molecule has 10 heteroatoms. The number of aromatic carboxylic acids is 1. The minimum atomic E-state index is -1.42. The molecule has 2 aromatic heterocycles. The van der Waals surface area contributed by atoms with Crippen LogP contribution in [0.25, 0.3) is 16.6 Å². The first kappa shape index (κ1) is 22.9. The van der Waals surface area contributed by atoms with E-state index in [9.17, 15) is 19.5 Å². The number of anilines is 1. The van der Waals surface area contributed by atoms with Crippen molar-refractivity contribution in [2.75, 3.05) is 18.0 Å². The average molecular weight is 480 g/mol. The van der Waals surface area contributed by atoms with Gasteiger partial charge in [0.1, 0.15) is 16.8 Å². The number of carboxylic acid groups (broad SMARTS) is 1. The van der Waals surface area contributed by atoms with Gasteiger partial charge in [0.2, 0.25) is 5.91 Å². The van der Waals surface area contributed by atoms with Gasteiger partial charge in [-0.2, -0.15) is 0 Å². The van der Waals surface area contributed by atoms with Gasteiger partial charge in [0.15, 0.2) is 11.6 Å². The third-order valence-electron chi connectivity index (χ3n) is 6.54. The summed E-state index contributed by atoms with van der Waals surface area (Å²) in [5.41, 5.74) is 6.19. The fraction of sp³-hybridized carbons (Fsp3) is 0.320. The molecule has 0 aliphatic carbocycles. The Labute approximate surface area is 199 Å². The zero-order chi connectivity index (χ0) is 24.9. The second-order valence-corrected chi connectivity index (χ2v) is 8.89. The van der Waals surface area contributed by atoms with Crippen molar-refractivity contribution in [3.8, 4) is 22.6 Å². The molecule has 4 heterocycles. The van der Waals surface area contributed by atoms with Crippen LogP contribution in [-0.2, 0) is 4.79 Å². The number of carbonyl (C=O) groups is 2. The van der Waals surface area contributed by atoms with Gasteiger partial charge in [-0.15, -0.1) is 0 Å². The lowest BCUT2D eigenvalue weighted by Gasteiger charge is -2.29. The molecular weight excluding hydrogens is 455 g/mol. The molecule has 1 fully saturated rings. The van der Waals surface area contributed by atoms with Crippen LogP contribution in [0, 0.1) is 5.82 Å². The predicted octanol–water partition coefficient (Wildman–Crippen LogP) is 2.73. The van der Waals surface area contributed by atoms with Crippen molar-refractivity contribution in [1.82, 2.24) is 9.72 Å². The SMILES string of the molecule is CCC[C@H](N)C(=O)NC1CCN(c2c(F)cn3c(=O)c(C(=O)O)cc4c3c2-c2ccccc2O4)C1. The van der Waals surface area contributed by atoms with Crippen molar-refractivity contribution >= 4 is 23.1 Å². The fourth-order valence-corrected chi connectivity index (χ4v) is 4.89. The van der Waals surface area contributed by atoms with Gasteiger partial charge in [0.05, 0.1) is 17.9 Å². The van der Waals surface area contributed by atoms with Gasteiger partial charge < -0.3 is 25.8 Å². The van der Waals surface area contributed by atoms with Crippen molar-refractivity contribution in [3.63, 3.8) is 0 Å². The average Bonchev–Trinajstić information content (AvgIpc) is 3.28. The molecule has 9 nitrogen and oxygen atoms in total. The number of aromatic nitrogens is 1. The number of hydrogen-bond donors (Lipinski definition) is 3. The van der Waals surface area contributed by atoms with Gasteiger partial charge in [-0.05, 0) is 18.9 Å². The van der Waals surface area contributed by atoms with E-state index in [4.69, 9.17) is 10.5 Å². The van der Waals surface area contributed by atoms with Crippen LogP contribution in [-0.4, -0.2) is 46.6 Å². The Morgan fingerprint density at radius 3 is 2.83 bits per heavy atom. The number of ether oxygens (including phenoxy) is 1. The lowest BCUT2D eigenvalue weighted by atomic mass is 9.97. The number of pyridine rings is 2. The molecule has 1 unspecified atom stereocenters. The maximum atomic E-state index is 15.7. The first-order valence-corrected chi connectivity index (χ1v) is 11.5. The normalized spacial score (nSPS) is 17.1. The number of rotatable bonds is 6. The highest BCUT2D eigenvalue weighted by atomic mass is 19.1. The predicted molar refractivity (Wildman–Crippen MR) is 128 cm³/mol. The van der Waals surface area contributed by atoms with E-state index in [2.05, 4.69) is 5.32 Å². The highest BCUT2D eigenvalue weighted by Crippen LogP contribution is 2.49. The summed E-state index contributed by atoms with van der Waals surface area (Å²) in [4.78, 5) is 38.8. The summed E-state index contributed by atoms with van der Waals surface area (Å²) in [7, 11) is 0. The molecule has 4 N–H and O–H groups in total. The molecule has 0 saturated carbocycles. The molecule has 1 amide bonds. The molecule has 3 aromatic rings. The number of benzene rings is 1. The molecular formula is C25H25FN4O5. The second-order valence-electron chi connectivity index (χ2n) is 8.89. The first-order valence-electron chi connectivity index (χ1n) is 11.5. The lowest BCUT2D eigenvalue weighted by Crippen LogP contribution is -2.46. The summed E-state index contributed by atoms with van der Waals surface area (Å²) in [5, 5.41) is 12.4. The molecule has 182 valence electrons. The Balaban J connectivity index is 1.62. The molecule has 0 bridgehead atoms. The summed E-state index contributed by atoms with van der Waals surface area (Å²) in [5.74, 6) is -1.74. The van der Waals surface area contributed by atoms with Crippen LogP contribution >= 0.6 is 0 Å². The van der Waals surface area contributed by atoms with E-state index in [0.717, 1.165) is 17.0 Å². The van der Waals surface area contributed by atoms with E-state index in [0.29, 0.717) is 48.3 Å². The number of fused-ring (bicyclic) bond motifs is 2. The van der Waals surface area contributed by atoms with Crippen molar-refractivity contribution in [2.45, 2.75) is 38.3 Å². The maximum absolute atomic E-state index is 15.7. The second kappa shape index (κ2) is 8.70. The van der Waals surface area contributed by atoms with Crippen molar-refractivity contribution in [3.05, 3.63) is 58.3 Å². The minimum Gasteiger partial charge on any atom is -0.477 e. The van der Waals surface area contributed by atoms with Gasteiger partial charge in [0, 0.05) is 36.3 Å². The van der Waals surface area contributed by atoms with Crippen molar-refractivity contribution < 1.29 is 23.8 Å². The smallest absolute Gasteiger partial charge is 0.341 e. The number of nitrogens with one attached hydrogen (secondary N) is 1. The molecule has 1 aromatic carbocycles. The molecule has 5 rings (SSSR count). The maximum Gasteiger partial charge on any atom is 0.341 e. The van der Waals surface area contributed by atoms with Crippen molar-refractivity contribution in [1.29, 1.82) is 0 Å². The third kappa shape index (κ3) is 3.79. The Morgan fingerprint density at radius 2 is 2.09 bits per heavy atom. The van der Waals surface area contributed by atoms with Crippen LogP contribution in [0.3, 0.4) is 0 Å². The van der Waals surface area contributed by atoms with Crippen LogP contribution < -0.4 is 26.2 Å². The summed E-state index contributed by atoms with van der Waals surface area (Å²) < 4.78 is 22.6. The molecule has 35 heavy (non-hydrogen) atoms. The zero-order valence-corrected chi connectivity index (χ0v) is 19.1. The number of halogens is 1. The quantitative estimate of drug-likeness (QED) is 0.387. The summed E-state index contributed by atoms with van der Waals surface area (Å²) in [6, 6.07) is 7.40. The Morgan fingerprint density at radius 1 is 1.31 bits per heavy atom. The van der Waals surface area contributed by atoms with E-state index in [1.807, 2.05) is 11.8 Å². The van der Waals surface area contributed by atoms with Gasteiger partial charge in [0.25, 0.3) is 5.56 Å². The van der Waals surface area contributed by atoms with Crippen LogP contribution in [0.5, 0.6) is 11.5 Å². The topological polar surface area (TPSA) is 126 Å². The molecule has 2 aliphatic heterocycles. The zero-order valence-electron chi connectivity index (χ0n) is 19.1. The highest BCUT2D eigenvalue weighted by Gasteiger charge is 2.34. The van der Waals surface area contributed by atoms with Crippen molar-refractivity contribution in [2.24, 2.45) is 5.73 Å². The lowest BCUT2D eigenvalue weighted by molar-refractivity contribution is -0.123. The number of hydrogen-bond acceptors (Lipinski definition) is 6. The number of nitrogens with zero attached hydrogens (tertiary/aromatic N) is 2. The fourth-order valence-electron chi connectivity index (χ4n) is 4.89. The van der Waals surface area contributed by atoms with Gasteiger partial charge >= 0.3 is 5.97 Å². The molecule has 2 atom stereocenters. The van der Waals surface area contributed by atoms with E-state index in [1.165, 1.54) is 6.07 Å². The summed E-state index contributed by atoms with van der Waals surface area (Å²) >= 11 is 0. The van der Waals surface area contributed by atoms with E-state index in [-0.39, 0.29) is 23.4 Å². The first-order chi connectivity index (χ1) is 16.8. The third-order valence-corrected chi connectivity index (χ3v) is 6.54. The number of amides is 1.